The quantitative estimate of drug-likeness (QED) is 0.751. The van der Waals surface area contributed by atoms with Crippen LogP contribution in [0.3, 0.4) is 0 Å². The summed E-state index contributed by atoms with van der Waals surface area (Å²) in [5.74, 6) is 1.88. The number of para-hydroxylation sites is 1. The van der Waals surface area contributed by atoms with E-state index in [0.717, 1.165) is 31.2 Å². The van der Waals surface area contributed by atoms with Crippen LogP contribution >= 0.6 is 0 Å². The van der Waals surface area contributed by atoms with Crippen LogP contribution in [0.25, 0.3) is 0 Å². The molecule has 1 aliphatic rings. The van der Waals surface area contributed by atoms with E-state index in [-0.39, 0.29) is 0 Å². The maximum absolute atomic E-state index is 5.89. The third kappa shape index (κ3) is 3.49. The molecule has 0 heterocycles. The second-order valence-electron chi connectivity index (χ2n) is 5.16. The zero-order chi connectivity index (χ0) is 12.8. The van der Waals surface area contributed by atoms with Gasteiger partial charge in [0.15, 0.2) is 0 Å². The monoisotopic (exact) mass is 247 g/mol. The lowest BCUT2D eigenvalue weighted by Gasteiger charge is -2.21. The SMILES string of the molecule is CCCNC(c1ccccc1OCCC)C1CC1. The summed E-state index contributed by atoms with van der Waals surface area (Å²) in [5, 5.41) is 3.68. The molecule has 1 aromatic rings. The molecule has 2 nitrogen and oxygen atoms in total. The molecule has 0 radical (unpaired) electrons. The average molecular weight is 247 g/mol. The maximum Gasteiger partial charge on any atom is 0.124 e. The predicted octanol–water partition coefficient (Wildman–Crippen LogP) is 3.93. The first-order valence-corrected chi connectivity index (χ1v) is 7.32. The standard InChI is InChI=1S/C16H25NO/c1-3-11-17-16(13-9-10-13)14-7-5-6-8-15(14)18-12-4-2/h5-8,13,16-17H,3-4,9-12H2,1-2H3. The van der Waals surface area contributed by atoms with E-state index in [1.54, 1.807) is 0 Å². The highest BCUT2D eigenvalue weighted by atomic mass is 16.5. The topological polar surface area (TPSA) is 21.3 Å². The Balaban J connectivity index is 2.12. The lowest BCUT2D eigenvalue weighted by atomic mass is 10.0. The molecule has 100 valence electrons. The van der Waals surface area contributed by atoms with Crippen molar-refractivity contribution < 1.29 is 4.74 Å². The molecule has 18 heavy (non-hydrogen) atoms. The lowest BCUT2D eigenvalue weighted by Crippen LogP contribution is -2.24. The molecule has 0 bridgehead atoms. The zero-order valence-electron chi connectivity index (χ0n) is 11.6. The second-order valence-corrected chi connectivity index (χ2v) is 5.16. The third-order valence-corrected chi connectivity index (χ3v) is 3.42. The van der Waals surface area contributed by atoms with E-state index in [0.29, 0.717) is 6.04 Å². The Labute approximate surface area is 111 Å². The summed E-state index contributed by atoms with van der Waals surface area (Å²) < 4.78 is 5.89. The van der Waals surface area contributed by atoms with Crippen molar-refractivity contribution in [1.82, 2.24) is 5.32 Å². The smallest absolute Gasteiger partial charge is 0.124 e. The zero-order valence-corrected chi connectivity index (χ0v) is 11.6. The minimum absolute atomic E-state index is 0.484. The van der Waals surface area contributed by atoms with Gasteiger partial charge in [-0.1, -0.05) is 32.0 Å². The molecule has 2 rings (SSSR count). The van der Waals surface area contributed by atoms with Crippen LogP contribution in [-0.2, 0) is 0 Å². The average Bonchev–Trinajstić information content (AvgIpc) is 3.22. The molecule has 1 aromatic carbocycles. The van der Waals surface area contributed by atoms with Gasteiger partial charge in [0.2, 0.25) is 0 Å². The Bertz CT molecular complexity index is 360. The van der Waals surface area contributed by atoms with Crippen molar-refractivity contribution in [2.45, 2.75) is 45.6 Å². The molecule has 1 unspecified atom stereocenters. The van der Waals surface area contributed by atoms with Crippen LogP contribution in [0.2, 0.25) is 0 Å². The predicted molar refractivity (Wildman–Crippen MR) is 76.0 cm³/mol. The normalized spacial score (nSPS) is 16.6. The maximum atomic E-state index is 5.89. The fraction of sp³-hybridized carbons (Fsp3) is 0.625. The van der Waals surface area contributed by atoms with Crippen molar-refractivity contribution in [3.63, 3.8) is 0 Å². The van der Waals surface area contributed by atoms with Gasteiger partial charge in [-0.15, -0.1) is 0 Å². The van der Waals surface area contributed by atoms with Crippen LogP contribution in [0.4, 0.5) is 0 Å². The number of hydrogen-bond donors (Lipinski definition) is 1. The summed E-state index contributed by atoms with van der Waals surface area (Å²) in [6.07, 6.45) is 4.94. The van der Waals surface area contributed by atoms with Crippen LogP contribution in [-0.4, -0.2) is 13.2 Å². The highest BCUT2D eigenvalue weighted by Crippen LogP contribution is 2.43. The molecule has 1 saturated carbocycles. The Morgan fingerprint density at radius 3 is 2.67 bits per heavy atom. The second kappa shape index (κ2) is 6.79. The summed E-state index contributed by atoms with van der Waals surface area (Å²) >= 11 is 0. The van der Waals surface area contributed by atoms with Crippen LogP contribution in [0.5, 0.6) is 5.75 Å². The van der Waals surface area contributed by atoms with E-state index in [9.17, 15) is 0 Å². The van der Waals surface area contributed by atoms with Crippen LogP contribution < -0.4 is 10.1 Å². The van der Waals surface area contributed by atoms with Gasteiger partial charge in [0.05, 0.1) is 6.61 Å². The summed E-state index contributed by atoms with van der Waals surface area (Å²) in [6.45, 7) is 6.26. The van der Waals surface area contributed by atoms with E-state index in [4.69, 9.17) is 4.74 Å². The third-order valence-electron chi connectivity index (χ3n) is 3.42. The minimum atomic E-state index is 0.484. The van der Waals surface area contributed by atoms with E-state index in [1.165, 1.54) is 24.8 Å². The van der Waals surface area contributed by atoms with Crippen LogP contribution in [0.1, 0.15) is 51.1 Å². The van der Waals surface area contributed by atoms with Gasteiger partial charge in [0, 0.05) is 11.6 Å². The molecular formula is C16H25NO. The summed E-state index contributed by atoms with van der Waals surface area (Å²) in [4.78, 5) is 0. The van der Waals surface area contributed by atoms with Crippen molar-refractivity contribution in [2.75, 3.05) is 13.2 Å². The molecule has 0 aromatic heterocycles. The molecular weight excluding hydrogens is 222 g/mol. The van der Waals surface area contributed by atoms with Gasteiger partial charge in [-0.2, -0.15) is 0 Å². The number of hydrogen-bond acceptors (Lipinski definition) is 2. The van der Waals surface area contributed by atoms with Gasteiger partial charge in [0.25, 0.3) is 0 Å². The molecule has 0 saturated heterocycles. The van der Waals surface area contributed by atoms with Crippen molar-refractivity contribution in [3.8, 4) is 5.75 Å². The van der Waals surface area contributed by atoms with Crippen molar-refractivity contribution in [2.24, 2.45) is 5.92 Å². The van der Waals surface area contributed by atoms with Gasteiger partial charge in [-0.25, -0.2) is 0 Å². The largest absolute Gasteiger partial charge is 0.493 e. The van der Waals surface area contributed by atoms with E-state index in [2.05, 4.69) is 43.4 Å². The number of ether oxygens (including phenoxy) is 1. The van der Waals surface area contributed by atoms with E-state index in [1.807, 2.05) is 0 Å². The highest BCUT2D eigenvalue weighted by Gasteiger charge is 2.33. The summed E-state index contributed by atoms with van der Waals surface area (Å²) in [5.41, 5.74) is 1.35. The van der Waals surface area contributed by atoms with Crippen molar-refractivity contribution >= 4 is 0 Å². The van der Waals surface area contributed by atoms with E-state index < -0.39 is 0 Å². The molecule has 1 fully saturated rings. The summed E-state index contributed by atoms with van der Waals surface area (Å²) in [6, 6.07) is 9.00. The van der Waals surface area contributed by atoms with Gasteiger partial charge < -0.3 is 10.1 Å². The fourth-order valence-electron chi connectivity index (χ4n) is 2.34. The number of rotatable bonds is 8. The minimum Gasteiger partial charge on any atom is -0.493 e. The first kappa shape index (κ1) is 13.4. The van der Waals surface area contributed by atoms with Gasteiger partial charge in [-0.05, 0) is 44.2 Å². The molecule has 1 atom stereocenters. The lowest BCUT2D eigenvalue weighted by molar-refractivity contribution is 0.307. The number of nitrogens with one attached hydrogen (secondary N) is 1. The highest BCUT2D eigenvalue weighted by molar-refractivity contribution is 5.37. The molecule has 0 aliphatic heterocycles. The van der Waals surface area contributed by atoms with E-state index >= 15 is 0 Å². The van der Waals surface area contributed by atoms with Crippen molar-refractivity contribution in [1.29, 1.82) is 0 Å². The van der Waals surface area contributed by atoms with Crippen molar-refractivity contribution in [3.05, 3.63) is 29.8 Å². The summed E-state index contributed by atoms with van der Waals surface area (Å²) in [7, 11) is 0. The number of benzene rings is 1. The molecule has 1 aliphatic carbocycles. The van der Waals surface area contributed by atoms with Gasteiger partial charge in [-0.3, -0.25) is 0 Å². The molecule has 0 spiro atoms. The van der Waals surface area contributed by atoms with Crippen LogP contribution in [0.15, 0.2) is 24.3 Å². The Kier molecular flexibility index (Phi) is 5.06. The Hall–Kier alpha value is -1.02. The Morgan fingerprint density at radius 1 is 1.22 bits per heavy atom. The molecule has 2 heteroatoms. The molecule has 1 N–H and O–H groups in total. The van der Waals surface area contributed by atoms with Crippen LogP contribution in [0, 0.1) is 5.92 Å². The van der Waals surface area contributed by atoms with Gasteiger partial charge in [0.1, 0.15) is 5.75 Å². The Morgan fingerprint density at radius 2 is 2.00 bits per heavy atom. The first-order valence-electron chi connectivity index (χ1n) is 7.32. The molecule has 0 amide bonds. The van der Waals surface area contributed by atoms with Gasteiger partial charge >= 0.3 is 0 Å². The first-order chi connectivity index (χ1) is 8.86. The fourth-order valence-corrected chi connectivity index (χ4v) is 2.34.